The standard InChI is InChI=1S/C21H36N4O3.ClH/c26-20(25-11-12-28-19-8-2-1-7-18(19)25)15-24-10-4-5-16(14-24)13-23-21(27)17-6-3-9-22-17;/h16-19,22H,1-15H2,(H,23,27);1H. The molecule has 2 amide bonds. The van der Waals surface area contributed by atoms with Crippen molar-refractivity contribution >= 4 is 24.2 Å². The summed E-state index contributed by atoms with van der Waals surface area (Å²) in [6, 6.07) is 0.278. The lowest BCUT2D eigenvalue weighted by molar-refractivity contribution is -0.151. The van der Waals surface area contributed by atoms with Gasteiger partial charge in [0.15, 0.2) is 0 Å². The minimum absolute atomic E-state index is 0. The topological polar surface area (TPSA) is 73.9 Å². The zero-order valence-corrected chi connectivity index (χ0v) is 18.3. The van der Waals surface area contributed by atoms with Crippen LogP contribution in [0.4, 0.5) is 0 Å². The van der Waals surface area contributed by atoms with Gasteiger partial charge in [0, 0.05) is 19.6 Å². The molecular formula is C21H37ClN4O3. The Morgan fingerprint density at radius 3 is 2.72 bits per heavy atom. The number of piperidine rings is 1. The van der Waals surface area contributed by atoms with E-state index in [1.54, 1.807) is 0 Å². The normalized spacial score (nSPS) is 32.9. The van der Waals surface area contributed by atoms with E-state index in [1.807, 2.05) is 0 Å². The lowest BCUT2D eigenvalue weighted by Crippen LogP contribution is -2.57. The number of fused-ring (bicyclic) bond motifs is 1. The number of rotatable bonds is 5. The molecule has 3 aliphatic heterocycles. The van der Waals surface area contributed by atoms with Crippen molar-refractivity contribution in [2.24, 2.45) is 5.92 Å². The van der Waals surface area contributed by atoms with E-state index in [4.69, 9.17) is 4.74 Å². The van der Waals surface area contributed by atoms with Crippen LogP contribution in [0.25, 0.3) is 0 Å². The smallest absolute Gasteiger partial charge is 0.237 e. The molecule has 1 aliphatic carbocycles. The van der Waals surface area contributed by atoms with Crippen molar-refractivity contribution in [3.8, 4) is 0 Å². The molecule has 0 radical (unpaired) electrons. The predicted octanol–water partition coefficient (Wildman–Crippen LogP) is 1.16. The maximum absolute atomic E-state index is 13.0. The lowest BCUT2D eigenvalue weighted by atomic mass is 9.90. The van der Waals surface area contributed by atoms with Crippen molar-refractivity contribution < 1.29 is 14.3 Å². The minimum atomic E-state index is -0.00830. The molecule has 166 valence electrons. The van der Waals surface area contributed by atoms with Crippen molar-refractivity contribution in [3.05, 3.63) is 0 Å². The van der Waals surface area contributed by atoms with Gasteiger partial charge in [-0.05, 0) is 57.5 Å². The van der Waals surface area contributed by atoms with E-state index in [1.165, 1.54) is 12.8 Å². The monoisotopic (exact) mass is 428 g/mol. The maximum atomic E-state index is 13.0. The predicted molar refractivity (Wildman–Crippen MR) is 114 cm³/mol. The molecule has 8 heteroatoms. The van der Waals surface area contributed by atoms with Gasteiger partial charge in [-0.1, -0.05) is 12.8 Å². The van der Waals surface area contributed by atoms with Gasteiger partial charge in [-0.25, -0.2) is 0 Å². The van der Waals surface area contributed by atoms with Crippen LogP contribution in [0.3, 0.4) is 0 Å². The molecule has 29 heavy (non-hydrogen) atoms. The number of carbonyl (C=O) groups excluding carboxylic acids is 2. The first-order valence-corrected chi connectivity index (χ1v) is 11.4. The Kier molecular flexibility index (Phi) is 8.59. The summed E-state index contributed by atoms with van der Waals surface area (Å²) in [6.07, 6.45) is 9.11. The van der Waals surface area contributed by atoms with Gasteiger partial charge in [-0.3, -0.25) is 14.5 Å². The fourth-order valence-electron chi connectivity index (χ4n) is 5.43. The summed E-state index contributed by atoms with van der Waals surface area (Å²) in [6.45, 7) is 5.49. The number of morpholine rings is 1. The van der Waals surface area contributed by atoms with Crippen LogP contribution in [0, 0.1) is 5.92 Å². The van der Waals surface area contributed by atoms with Crippen LogP contribution in [-0.4, -0.2) is 85.7 Å². The van der Waals surface area contributed by atoms with Gasteiger partial charge in [-0.2, -0.15) is 0 Å². The Morgan fingerprint density at radius 1 is 1.03 bits per heavy atom. The molecule has 3 heterocycles. The largest absolute Gasteiger partial charge is 0.374 e. The Morgan fingerprint density at radius 2 is 1.90 bits per heavy atom. The van der Waals surface area contributed by atoms with Gasteiger partial charge in [0.05, 0.1) is 31.3 Å². The van der Waals surface area contributed by atoms with E-state index in [2.05, 4.69) is 20.4 Å². The lowest BCUT2D eigenvalue weighted by Gasteiger charge is -2.44. The van der Waals surface area contributed by atoms with Crippen LogP contribution in [0.1, 0.15) is 51.4 Å². The molecule has 1 saturated carbocycles. The van der Waals surface area contributed by atoms with Gasteiger partial charge >= 0.3 is 0 Å². The average molecular weight is 429 g/mol. The Balaban J connectivity index is 0.00000240. The number of amides is 2. The molecule has 2 N–H and O–H groups in total. The molecule has 0 spiro atoms. The molecule has 4 aliphatic rings. The van der Waals surface area contributed by atoms with Crippen molar-refractivity contribution in [2.45, 2.75) is 69.6 Å². The van der Waals surface area contributed by atoms with Crippen LogP contribution in [0.2, 0.25) is 0 Å². The molecular weight excluding hydrogens is 392 g/mol. The van der Waals surface area contributed by atoms with E-state index < -0.39 is 0 Å². The van der Waals surface area contributed by atoms with Crippen LogP contribution in [0.5, 0.6) is 0 Å². The number of ether oxygens (including phenoxy) is 1. The summed E-state index contributed by atoms with van der Waals surface area (Å²) in [5.41, 5.74) is 0. The highest BCUT2D eigenvalue weighted by molar-refractivity contribution is 5.85. The molecule has 0 aromatic rings. The fourth-order valence-corrected chi connectivity index (χ4v) is 5.43. The van der Waals surface area contributed by atoms with Crippen molar-refractivity contribution in [3.63, 3.8) is 0 Å². The second-order valence-electron chi connectivity index (χ2n) is 8.99. The van der Waals surface area contributed by atoms with Gasteiger partial charge in [0.25, 0.3) is 0 Å². The highest BCUT2D eigenvalue weighted by atomic mass is 35.5. The van der Waals surface area contributed by atoms with Gasteiger partial charge in [0.2, 0.25) is 11.8 Å². The van der Waals surface area contributed by atoms with E-state index in [0.29, 0.717) is 19.1 Å². The van der Waals surface area contributed by atoms with E-state index in [9.17, 15) is 9.59 Å². The first-order chi connectivity index (χ1) is 13.7. The summed E-state index contributed by atoms with van der Waals surface area (Å²) >= 11 is 0. The number of hydrogen-bond donors (Lipinski definition) is 2. The summed E-state index contributed by atoms with van der Waals surface area (Å²) in [7, 11) is 0. The second-order valence-corrected chi connectivity index (χ2v) is 8.99. The molecule has 0 aromatic heterocycles. The first-order valence-electron chi connectivity index (χ1n) is 11.4. The highest BCUT2D eigenvalue weighted by Gasteiger charge is 2.37. The fraction of sp³-hybridized carbons (Fsp3) is 0.905. The molecule has 0 bridgehead atoms. The minimum Gasteiger partial charge on any atom is -0.374 e. The van der Waals surface area contributed by atoms with Crippen molar-refractivity contribution in [1.29, 1.82) is 0 Å². The van der Waals surface area contributed by atoms with Crippen molar-refractivity contribution in [2.75, 3.05) is 45.9 Å². The van der Waals surface area contributed by atoms with Crippen LogP contribution < -0.4 is 10.6 Å². The summed E-state index contributed by atoms with van der Waals surface area (Å²) in [4.78, 5) is 29.6. The molecule has 3 saturated heterocycles. The first kappa shape index (κ1) is 22.8. The molecule has 4 atom stereocenters. The third kappa shape index (κ3) is 5.84. The molecule has 0 aromatic carbocycles. The Labute approximate surface area is 180 Å². The third-order valence-electron chi connectivity index (χ3n) is 6.96. The number of halogens is 1. The van der Waals surface area contributed by atoms with Crippen LogP contribution in [0.15, 0.2) is 0 Å². The zero-order valence-electron chi connectivity index (χ0n) is 17.4. The van der Waals surface area contributed by atoms with Crippen molar-refractivity contribution in [1.82, 2.24) is 20.4 Å². The summed E-state index contributed by atoms with van der Waals surface area (Å²) in [5.74, 6) is 0.849. The molecule has 4 unspecified atom stereocenters. The van der Waals surface area contributed by atoms with Crippen LogP contribution in [-0.2, 0) is 14.3 Å². The van der Waals surface area contributed by atoms with E-state index in [-0.39, 0.29) is 42.4 Å². The van der Waals surface area contributed by atoms with Gasteiger partial charge < -0.3 is 20.3 Å². The van der Waals surface area contributed by atoms with E-state index in [0.717, 1.165) is 71.2 Å². The maximum Gasteiger partial charge on any atom is 0.237 e. The summed E-state index contributed by atoms with van der Waals surface area (Å²) in [5, 5.41) is 6.38. The third-order valence-corrected chi connectivity index (χ3v) is 6.96. The molecule has 4 fully saturated rings. The SMILES string of the molecule is Cl.O=C(NCC1CCCN(CC(=O)N2CCOC3CCCCC32)C1)C1CCCN1. The second kappa shape index (κ2) is 10.9. The number of nitrogens with zero attached hydrogens (tertiary/aromatic N) is 2. The number of carbonyl (C=O) groups is 2. The molecule has 7 nitrogen and oxygen atoms in total. The van der Waals surface area contributed by atoms with E-state index >= 15 is 0 Å². The number of nitrogens with one attached hydrogen (secondary N) is 2. The quantitative estimate of drug-likeness (QED) is 0.687. The summed E-state index contributed by atoms with van der Waals surface area (Å²) < 4.78 is 5.91. The Bertz CT molecular complexity index is 556. The zero-order chi connectivity index (χ0) is 19.3. The number of hydrogen-bond acceptors (Lipinski definition) is 5. The van der Waals surface area contributed by atoms with Gasteiger partial charge in [-0.15, -0.1) is 12.4 Å². The van der Waals surface area contributed by atoms with Crippen LogP contribution >= 0.6 is 12.4 Å². The average Bonchev–Trinajstić information content (AvgIpc) is 3.27. The highest BCUT2D eigenvalue weighted by Crippen LogP contribution is 2.28. The Hall–Kier alpha value is -0.890. The van der Waals surface area contributed by atoms with Gasteiger partial charge in [0.1, 0.15) is 0 Å². The number of likely N-dealkylation sites (tertiary alicyclic amines) is 1. The molecule has 4 rings (SSSR count).